The van der Waals surface area contributed by atoms with E-state index in [1.165, 1.54) is 0 Å². The number of hydroxylamine groups is 1. The van der Waals surface area contributed by atoms with Crippen molar-refractivity contribution in [3.63, 3.8) is 0 Å². The number of fused-ring (bicyclic) bond motifs is 2. The molecule has 4 fully saturated rings. The van der Waals surface area contributed by atoms with Crippen LogP contribution in [0.3, 0.4) is 0 Å². The summed E-state index contributed by atoms with van der Waals surface area (Å²) in [6.07, 6.45) is 3.82. The van der Waals surface area contributed by atoms with Crippen LogP contribution in [-0.4, -0.2) is 39.9 Å². The van der Waals surface area contributed by atoms with Gasteiger partial charge >= 0.3 is 0 Å². The summed E-state index contributed by atoms with van der Waals surface area (Å²) in [5.41, 5.74) is 3.94. The van der Waals surface area contributed by atoms with Gasteiger partial charge in [0.25, 0.3) is 0 Å². The molecule has 0 saturated carbocycles. The first-order chi connectivity index (χ1) is 8.79. The van der Waals surface area contributed by atoms with Crippen molar-refractivity contribution < 1.29 is 9.94 Å². The third-order valence-electron chi connectivity index (χ3n) is 4.60. The molecule has 4 aliphatic heterocycles. The Morgan fingerprint density at radius 1 is 1.37 bits per heavy atom. The maximum Gasteiger partial charge on any atom is 0.205 e. The van der Waals surface area contributed by atoms with Gasteiger partial charge in [-0.05, 0) is 38.1 Å². The fourth-order valence-electron chi connectivity index (χ4n) is 3.69. The molecule has 0 amide bonds. The number of nitrogens with one attached hydrogen (secondary N) is 1. The van der Waals surface area contributed by atoms with Crippen LogP contribution in [0.25, 0.3) is 0 Å². The standard InChI is InChI=1S/C13H17N3O2.ClH/c17-13-9-4-7-16(8-5-9)12(13)11(15-18-13)10-3-1-2-6-14-10;/h1-3,6,9,11-12,15,17H,4-5,7-8H2;1H/t11?,12?,13-;/m1./s1. The highest BCUT2D eigenvalue weighted by Gasteiger charge is 2.61. The second kappa shape index (κ2) is 4.68. The van der Waals surface area contributed by atoms with Gasteiger partial charge < -0.3 is 5.11 Å². The van der Waals surface area contributed by atoms with E-state index in [1.54, 1.807) is 6.20 Å². The molecule has 1 aromatic rings. The van der Waals surface area contributed by atoms with Gasteiger partial charge in [0.1, 0.15) is 0 Å². The number of nitrogens with zero attached hydrogens (tertiary/aromatic N) is 2. The van der Waals surface area contributed by atoms with E-state index in [1.807, 2.05) is 18.2 Å². The highest BCUT2D eigenvalue weighted by molar-refractivity contribution is 5.85. The topological polar surface area (TPSA) is 57.6 Å². The van der Waals surface area contributed by atoms with Crippen molar-refractivity contribution in [3.05, 3.63) is 30.1 Å². The summed E-state index contributed by atoms with van der Waals surface area (Å²) >= 11 is 0. The number of halogens is 1. The van der Waals surface area contributed by atoms with Crippen LogP contribution in [0.5, 0.6) is 0 Å². The smallest absolute Gasteiger partial charge is 0.205 e. The van der Waals surface area contributed by atoms with E-state index in [0.717, 1.165) is 31.6 Å². The molecule has 0 radical (unpaired) electrons. The minimum absolute atomic E-state index is 0. The normalized spacial score (nSPS) is 43.6. The van der Waals surface area contributed by atoms with Crippen molar-refractivity contribution in [1.29, 1.82) is 0 Å². The lowest BCUT2D eigenvalue weighted by Gasteiger charge is -2.51. The number of aliphatic hydroxyl groups is 1. The lowest BCUT2D eigenvalue weighted by Crippen LogP contribution is -2.65. The predicted molar refractivity (Wildman–Crippen MR) is 71.5 cm³/mol. The maximum atomic E-state index is 10.8. The average molecular weight is 284 g/mol. The minimum atomic E-state index is -1.04. The van der Waals surface area contributed by atoms with Crippen LogP contribution in [0.1, 0.15) is 24.6 Å². The lowest BCUT2D eigenvalue weighted by molar-refractivity contribution is -0.285. The Balaban J connectivity index is 0.00000110. The summed E-state index contributed by atoms with van der Waals surface area (Å²) in [6.45, 7) is 2.10. The molecule has 3 atom stereocenters. The number of pyridine rings is 1. The van der Waals surface area contributed by atoms with Gasteiger partial charge in [-0.25, -0.2) is 0 Å². The van der Waals surface area contributed by atoms with Crippen LogP contribution in [-0.2, 0) is 4.84 Å². The van der Waals surface area contributed by atoms with E-state index >= 15 is 0 Å². The minimum Gasteiger partial charge on any atom is -0.363 e. The predicted octanol–water partition coefficient (Wildman–Crippen LogP) is 0.862. The molecule has 0 aromatic carbocycles. The van der Waals surface area contributed by atoms with Gasteiger partial charge in [-0.2, -0.15) is 5.48 Å². The average Bonchev–Trinajstić information content (AvgIpc) is 2.81. The molecule has 104 valence electrons. The van der Waals surface area contributed by atoms with E-state index in [2.05, 4.69) is 15.4 Å². The molecule has 4 aliphatic rings. The molecule has 0 aliphatic carbocycles. The molecular formula is C13H18ClN3O2. The Morgan fingerprint density at radius 3 is 2.84 bits per heavy atom. The maximum absolute atomic E-state index is 10.8. The molecule has 5 nitrogen and oxygen atoms in total. The lowest BCUT2D eigenvalue weighted by atomic mass is 9.75. The molecule has 1 aromatic heterocycles. The first kappa shape index (κ1) is 13.3. The Kier molecular flexibility index (Phi) is 3.27. The molecule has 19 heavy (non-hydrogen) atoms. The van der Waals surface area contributed by atoms with Crippen molar-refractivity contribution in [1.82, 2.24) is 15.4 Å². The zero-order valence-corrected chi connectivity index (χ0v) is 11.3. The van der Waals surface area contributed by atoms with Crippen LogP contribution >= 0.6 is 12.4 Å². The number of hydrogen-bond acceptors (Lipinski definition) is 5. The van der Waals surface area contributed by atoms with Crippen molar-refractivity contribution in [2.45, 2.75) is 30.7 Å². The Hall–Kier alpha value is -0.720. The second-order valence-corrected chi connectivity index (χ2v) is 5.46. The SMILES string of the molecule is Cl.O[C@]12ONC(c3ccccn3)C1N1CCC2CC1. The van der Waals surface area contributed by atoms with Gasteiger partial charge in [0.05, 0.1) is 17.8 Å². The molecule has 2 bridgehead atoms. The molecule has 0 spiro atoms. The highest BCUT2D eigenvalue weighted by Crippen LogP contribution is 2.48. The molecule has 2 unspecified atom stereocenters. The molecule has 4 saturated heterocycles. The van der Waals surface area contributed by atoms with Crippen LogP contribution in [0.4, 0.5) is 0 Å². The van der Waals surface area contributed by atoms with Crippen molar-refractivity contribution >= 4 is 12.4 Å². The van der Waals surface area contributed by atoms with Gasteiger partial charge in [-0.15, -0.1) is 12.4 Å². The van der Waals surface area contributed by atoms with Crippen molar-refractivity contribution in [3.8, 4) is 0 Å². The molecule has 5 rings (SSSR count). The first-order valence-corrected chi connectivity index (χ1v) is 6.60. The summed E-state index contributed by atoms with van der Waals surface area (Å²) in [7, 11) is 0. The summed E-state index contributed by atoms with van der Waals surface area (Å²) in [6, 6.07) is 5.80. The summed E-state index contributed by atoms with van der Waals surface area (Å²) < 4.78 is 0. The van der Waals surface area contributed by atoms with Crippen LogP contribution in [0, 0.1) is 5.92 Å². The molecule has 5 heterocycles. The van der Waals surface area contributed by atoms with Gasteiger partial charge in [0.15, 0.2) is 0 Å². The summed E-state index contributed by atoms with van der Waals surface area (Å²) in [4.78, 5) is 12.3. The summed E-state index contributed by atoms with van der Waals surface area (Å²) in [5.74, 6) is -0.799. The molecular weight excluding hydrogens is 266 g/mol. The van der Waals surface area contributed by atoms with Crippen LogP contribution in [0.2, 0.25) is 0 Å². The Morgan fingerprint density at radius 2 is 2.16 bits per heavy atom. The highest BCUT2D eigenvalue weighted by atomic mass is 35.5. The number of aromatic nitrogens is 1. The van der Waals surface area contributed by atoms with Gasteiger partial charge in [-0.3, -0.25) is 14.7 Å². The molecule has 6 heteroatoms. The third kappa shape index (κ3) is 1.80. The summed E-state index contributed by atoms with van der Waals surface area (Å²) in [5, 5.41) is 10.8. The quantitative estimate of drug-likeness (QED) is 0.801. The fourth-order valence-corrected chi connectivity index (χ4v) is 3.69. The zero-order chi connectivity index (χ0) is 12.2. The van der Waals surface area contributed by atoms with Crippen LogP contribution < -0.4 is 5.48 Å². The second-order valence-electron chi connectivity index (χ2n) is 5.46. The fraction of sp³-hybridized carbons (Fsp3) is 0.615. The third-order valence-corrected chi connectivity index (χ3v) is 4.60. The first-order valence-electron chi connectivity index (χ1n) is 6.60. The van der Waals surface area contributed by atoms with Gasteiger partial charge in [-0.1, -0.05) is 6.07 Å². The van der Waals surface area contributed by atoms with E-state index in [4.69, 9.17) is 4.84 Å². The largest absolute Gasteiger partial charge is 0.363 e. The van der Waals surface area contributed by atoms with Gasteiger partial charge in [0.2, 0.25) is 5.79 Å². The van der Waals surface area contributed by atoms with E-state index < -0.39 is 5.79 Å². The monoisotopic (exact) mass is 283 g/mol. The van der Waals surface area contributed by atoms with E-state index in [-0.39, 0.29) is 30.4 Å². The zero-order valence-electron chi connectivity index (χ0n) is 10.5. The Labute approximate surface area is 118 Å². The number of piperidine rings is 3. The van der Waals surface area contributed by atoms with Gasteiger partial charge in [0, 0.05) is 12.1 Å². The number of hydrogen-bond donors (Lipinski definition) is 2. The van der Waals surface area contributed by atoms with Crippen LogP contribution in [0.15, 0.2) is 24.4 Å². The van der Waals surface area contributed by atoms with Crippen molar-refractivity contribution in [2.75, 3.05) is 13.1 Å². The van der Waals surface area contributed by atoms with E-state index in [0.29, 0.717) is 0 Å². The Bertz CT molecular complexity index is 452. The van der Waals surface area contributed by atoms with Crippen molar-refractivity contribution in [2.24, 2.45) is 5.92 Å². The number of rotatable bonds is 1. The van der Waals surface area contributed by atoms with E-state index in [9.17, 15) is 5.11 Å². The molecule has 2 N–H and O–H groups in total.